The SMILES string of the molecule is Cc1nc2ccc(NC(=O)CCc3nc4ccccc4[nH]c3=O)cc2o1. The van der Waals surface area contributed by atoms with Crippen molar-refractivity contribution in [1.29, 1.82) is 0 Å². The Hall–Kier alpha value is -3.48. The van der Waals surface area contributed by atoms with E-state index in [4.69, 9.17) is 4.42 Å². The van der Waals surface area contributed by atoms with Crippen LogP contribution in [0.2, 0.25) is 0 Å². The Kier molecular flexibility index (Phi) is 3.96. The maximum absolute atomic E-state index is 12.2. The number of hydrogen-bond acceptors (Lipinski definition) is 5. The minimum absolute atomic E-state index is 0.155. The predicted octanol–water partition coefficient (Wildman–Crippen LogP) is 2.94. The molecular formula is C19H16N4O3. The molecule has 0 aliphatic rings. The van der Waals surface area contributed by atoms with Gasteiger partial charge in [0.25, 0.3) is 5.56 Å². The summed E-state index contributed by atoms with van der Waals surface area (Å²) in [4.78, 5) is 35.6. The largest absolute Gasteiger partial charge is 0.441 e. The maximum atomic E-state index is 12.2. The van der Waals surface area contributed by atoms with E-state index in [0.29, 0.717) is 33.9 Å². The van der Waals surface area contributed by atoms with Gasteiger partial charge >= 0.3 is 0 Å². The molecule has 130 valence electrons. The molecule has 26 heavy (non-hydrogen) atoms. The number of oxazole rings is 1. The Bertz CT molecular complexity index is 1180. The standard InChI is InChI=1S/C19H16N4O3/c1-11-20-15-7-6-12(10-17(15)26-11)21-18(24)9-8-16-19(25)23-14-5-3-2-4-13(14)22-16/h2-7,10H,8-9H2,1H3,(H,21,24)(H,23,25). The predicted molar refractivity (Wildman–Crippen MR) is 98.1 cm³/mol. The van der Waals surface area contributed by atoms with E-state index >= 15 is 0 Å². The van der Waals surface area contributed by atoms with Gasteiger partial charge in [-0.25, -0.2) is 9.97 Å². The molecule has 7 nitrogen and oxygen atoms in total. The van der Waals surface area contributed by atoms with Gasteiger partial charge in [-0.05, 0) is 24.3 Å². The van der Waals surface area contributed by atoms with Crippen LogP contribution >= 0.6 is 0 Å². The summed E-state index contributed by atoms with van der Waals surface area (Å²) < 4.78 is 5.46. The summed E-state index contributed by atoms with van der Waals surface area (Å²) >= 11 is 0. The number of H-pyrrole nitrogens is 1. The van der Waals surface area contributed by atoms with Gasteiger partial charge in [-0.15, -0.1) is 0 Å². The quantitative estimate of drug-likeness (QED) is 0.590. The van der Waals surface area contributed by atoms with Crippen molar-refractivity contribution in [3.63, 3.8) is 0 Å². The van der Waals surface area contributed by atoms with E-state index in [1.807, 2.05) is 18.2 Å². The molecule has 0 fully saturated rings. The number of hydrogen-bond donors (Lipinski definition) is 2. The number of anilines is 1. The summed E-state index contributed by atoms with van der Waals surface area (Å²) in [6, 6.07) is 12.6. The second kappa shape index (κ2) is 6.44. The van der Waals surface area contributed by atoms with E-state index in [9.17, 15) is 9.59 Å². The van der Waals surface area contributed by atoms with Crippen molar-refractivity contribution in [2.24, 2.45) is 0 Å². The molecule has 7 heteroatoms. The van der Waals surface area contributed by atoms with Crippen LogP contribution in [0, 0.1) is 6.92 Å². The zero-order valence-corrected chi connectivity index (χ0v) is 14.1. The zero-order chi connectivity index (χ0) is 18.1. The van der Waals surface area contributed by atoms with Crippen molar-refractivity contribution in [2.75, 3.05) is 5.32 Å². The fourth-order valence-corrected chi connectivity index (χ4v) is 2.81. The number of benzene rings is 2. The van der Waals surface area contributed by atoms with Gasteiger partial charge in [-0.2, -0.15) is 0 Å². The van der Waals surface area contributed by atoms with Crippen LogP contribution in [0.1, 0.15) is 18.0 Å². The Morgan fingerprint density at radius 1 is 1.15 bits per heavy atom. The van der Waals surface area contributed by atoms with Crippen LogP contribution in [0.4, 0.5) is 5.69 Å². The smallest absolute Gasteiger partial charge is 0.270 e. The first-order valence-corrected chi connectivity index (χ1v) is 8.23. The van der Waals surface area contributed by atoms with E-state index in [0.717, 1.165) is 5.52 Å². The Morgan fingerprint density at radius 3 is 2.88 bits per heavy atom. The number of aryl methyl sites for hydroxylation is 2. The molecular weight excluding hydrogens is 332 g/mol. The van der Waals surface area contributed by atoms with Gasteiger partial charge in [0, 0.05) is 31.5 Å². The fraction of sp³-hybridized carbons (Fsp3) is 0.158. The number of carbonyl (C=O) groups excluding carboxylic acids is 1. The summed E-state index contributed by atoms with van der Waals surface area (Å²) in [5.74, 6) is 0.375. The Labute approximate surface area is 148 Å². The van der Waals surface area contributed by atoms with Gasteiger partial charge in [-0.3, -0.25) is 9.59 Å². The van der Waals surface area contributed by atoms with Crippen molar-refractivity contribution in [1.82, 2.24) is 15.0 Å². The van der Waals surface area contributed by atoms with Crippen LogP contribution in [0.3, 0.4) is 0 Å². The third-order valence-electron chi connectivity index (χ3n) is 4.04. The van der Waals surface area contributed by atoms with Crippen molar-refractivity contribution in [3.8, 4) is 0 Å². The van der Waals surface area contributed by atoms with E-state index in [1.54, 1.807) is 31.2 Å². The second-order valence-electron chi connectivity index (χ2n) is 5.99. The van der Waals surface area contributed by atoms with Gasteiger partial charge in [0.05, 0.1) is 11.0 Å². The van der Waals surface area contributed by atoms with Gasteiger partial charge in [0.2, 0.25) is 5.91 Å². The number of nitrogens with zero attached hydrogens (tertiary/aromatic N) is 2. The molecule has 0 atom stereocenters. The van der Waals surface area contributed by atoms with Crippen LogP contribution in [0.15, 0.2) is 51.7 Å². The summed E-state index contributed by atoms with van der Waals surface area (Å²) in [6.45, 7) is 1.77. The maximum Gasteiger partial charge on any atom is 0.270 e. The normalized spacial score (nSPS) is 11.1. The lowest BCUT2D eigenvalue weighted by atomic mass is 10.2. The van der Waals surface area contributed by atoms with Crippen LogP contribution < -0.4 is 10.9 Å². The summed E-state index contributed by atoms with van der Waals surface area (Å²) in [5, 5.41) is 2.80. The molecule has 1 amide bonds. The third-order valence-corrected chi connectivity index (χ3v) is 4.04. The first-order chi connectivity index (χ1) is 12.6. The molecule has 0 aliphatic carbocycles. The van der Waals surface area contributed by atoms with Gasteiger partial charge < -0.3 is 14.7 Å². The van der Waals surface area contributed by atoms with Crippen LogP contribution in [0.25, 0.3) is 22.1 Å². The third kappa shape index (κ3) is 3.19. The molecule has 0 saturated heterocycles. The number of para-hydroxylation sites is 2. The molecule has 4 rings (SSSR count). The number of rotatable bonds is 4. The number of carbonyl (C=O) groups is 1. The fourth-order valence-electron chi connectivity index (χ4n) is 2.81. The molecule has 0 saturated carbocycles. The van der Waals surface area contributed by atoms with E-state index < -0.39 is 0 Å². The number of aromatic amines is 1. The highest BCUT2D eigenvalue weighted by atomic mass is 16.3. The lowest BCUT2D eigenvalue weighted by molar-refractivity contribution is -0.116. The molecule has 2 heterocycles. The van der Waals surface area contributed by atoms with Crippen LogP contribution in [0.5, 0.6) is 0 Å². The van der Waals surface area contributed by atoms with E-state index in [-0.39, 0.29) is 24.3 Å². The zero-order valence-electron chi connectivity index (χ0n) is 14.1. The van der Waals surface area contributed by atoms with Crippen molar-refractivity contribution in [3.05, 3.63) is 64.4 Å². The monoisotopic (exact) mass is 348 g/mol. The van der Waals surface area contributed by atoms with Crippen molar-refractivity contribution in [2.45, 2.75) is 19.8 Å². The number of amides is 1. The lowest BCUT2D eigenvalue weighted by Crippen LogP contribution is -2.18. The highest BCUT2D eigenvalue weighted by Gasteiger charge is 2.10. The molecule has 2 aromatic carbocycles. The number of nitrogens with one attached hydrogen (secondary N) is 2. The van der Waals surface area contributed by atoms with Crippen molar-refractivity contribution < 1.29 is 9.21 Å². The summed E-state index contributed by atoms with van der Waals surface area (Å²) in [6.07, 6.45) is 0.414. The molecule has 4 aromatic rings. The number of aromatic nitrogens is 3. The minimum atomic E-state index is -0.268. The average Bonchev–Trinajstić information content (AvgIpc) is 2.99. The van der Waals surface area contributed by atoms with E-state index in [2.05, 4.69) is 20.3 Å². The minimum Gasteiger partial charge on any atom is -0.441 e. The average molecular weight is 348 g/mol. The van der Waals surface area contributed by atoms with Gasteiger partial charge in [-0.1, -0.05) is 12.1 Å². The first kappa shape index (κ1) is 16.0. The molecule has 0 aliphatic heterocycles. The number of fused-ring (bicyclic) bond motifs is 2. The molecule has 0 unspecified atom stereocenters. The van der Waals surface area contributed by atoms with Crippen LogP contribution in [-0.2, 0) is 11.2 Å². The molecule has 2 N–H and O–H groups in total. The molecule has 0 radical (unpaired) electrons. The van der Waals surface area contributed by atoms with Gasteiger partial charge in [0.15, 0.2) is 11.5 Å². The summed E-state index contributed by atoms with van der Waals surface area (Å²) in [7, 11) is 0. The van der Waals surface area contributed by atoms with Crippen LogP contribution in [-0.4, -0.2) is 20.9 Å². The second-order valence-corrected chi connectivity index (χ2v) is 5.99. The van der Waals surface area contributed by atoms with Crippen molar-refractivity contribution >= 4 is 33.7 Å². The Morgan fingerprint density at radius 2 is 2.00 bits per heavy atom. The molecule has 2 aromatic heterocycles. The summed E-state index contributed by atoms with van der Waals surface area (Å²) in [5.41, 5.74) is 3.45. The lowest BCUT2D eigenvalue weighted by Gasteiger charge is -2.05. The molecule has 0 spiro atoms. The van der Waals surface area contributed by atoms with E-state index in [1.165, 1.54) is 0 Å². The first-order valence-electron chi connectivity index (χ1n) is 8.23. The topological polar surface area (TPSA) is 101 Å². The highest BCUT2D eigenvalue weighted by Crippen LogP contribution is 2.20. The highest BCUT2D eigenvalue weighted by molar-refractivity contribution is 5.92. The Balaban J connectivity index is 1.46. The molecule has 0 bridgehead atoms. The van der Waals surface area contributed by atoms with Gasteiger partial charge in [0.1, 0.15) is 11.2 Å².